The van der Waals surface area contributed by atoms with E-state index in [1.165, 1.54) is 10.0 Å². The lowest BCUT2D eigenvalue weighted by atomic mass is 9.63. The molecule has 2 aliphatic rings. The van der Waals surface area contributed by atoms with Gasteiger partial charge in [-0.2, -0.15) is 15.5 Å². The molecule has 0 saturated heterocycles. The Morgan fingerprint density at radius 1 is 1.34 bits per heavy atom. The number of benzene rings is 1. The Morgan fingerprint density at radius 2 is 2.00 bits per heavy atom. The third kappa shape index (κ3) is 2.66. The number of carbonyl (C=O) groups is 2. The second-order valence-electron chi connectivity index (χ2n) is 7.43. The van der Waals surface area contributed by atoms with Crippen LogP contribution in [0.25, 0.3) is 0 Å². The number of hydrogen-bond acceptors (Lipinski definition) is 6. The summed E-state index contributed by atoms with van der Waals surface area (Å²) in [7, 11) is 3.23. The van der Waals surface area contributed by atoms with Crippen molar-refractivity contribution in [3.05, 3.63) is 29.3 Å². The molecule has 4 atom stereocenters. The van der Waals surface area contributed by atoms with Gasteiger partial charge in [0, 0.05) is 24.8 Å². The first kappa shape index (κ1) is 20.6. The van der Waals surface area contributed by atoms with Gasteiger partial charge in [0.05, 0.1) is 18.2 Å². The van der Waals surface area contributed by atoms with Crippen molar-refractivity contribution in [2.45, 2.75) is 19.4 Å². The van der Waals surface area contributed by atoms with Crippen LogP contribution in [0.1, 0.15) is 13.3 Å². The van der Waals surface area contributed by atoms with Crippen LogP contribution in [0.4, 0.5) is 10.5 Å². The lowest BCUT2D eigenvalue weighted by Crippen LogP contribution is -2.60. The van der Waals surface area contributed by atoms with Crippen LogP contribution >= 0.6 is 11.6 Å². The molecule has 1 saturated carbocycles. The van der Waals surface area contributed by atoms with Crippen LogP contribution in [0.5, 0.6) is 0 Å². The molecule has 1 aliphatic heterocycles. The van der Waals surface area contributed by atoms with Gasteiger partial charge in [-0.05, 0) is 30.5 Å². The zero-order chi connectivity index (χ0) is 21.6. The molecule has 0 aromatic heterocycles. The Balaban J connectivity index is 2.07. The highest BCUT2D eigenvalue weighted by Crippen LogP contribution is 2.61. The number of anilines is 1. The van der Waals surface area contributed by atoms with Crippen LogP contribution < -0.4 is 11.1 Å². The van der Waals surface area contributed by atoms with Crippen LogP contribution in [0, 0.1) is 39.4 Å². The number of nitriles is 2. The van der Waals surface area contributed by atoms with Gasteiger partial charge in [-0.3, -0.25) is 9.80 Å². The maximum atomic E-state index is 13.1. The van der Waals surface area contributed by atoms with Crippen molar-refractivity contribution in [2.75, 3.05) is 19.4 Å². The van der Waals surface area contributed by atoms with Gasteiger partial charge in [-0.15, -0.1) is 0 Å². The number of rotatable bonds is 3. The minimum Gasteiger partial charge on any atom is -0.386 e. The van der Waals surface area contributed by atoms with Gasteiger partial charge in [-0.25, -0.2) is 9.80 Å². The lowest BCUT2D eigenvalue weighted by Gasteiger charge is -2.40. The van der Waals surface area contributed by atoms with Gasteiger partial charge in [0.1, 0.15) is 11.3 Å². The number of aliphatic imine (C=N–C) groups is 1. The Morgan fingerprint density at radius 3 is 2.55 bits per heavy atom. The molecule has 3 N–H and O–H groups in total. The van der Waals surface area contributed by atoms with Gasteiger partial charge in [0.2, 0.25) is 0 Å². The Kier molecular flexibility index (Phi) is 4.99. The average Bonchev–Trinajstić information content (AvgIpc) is 3.03. The summed E-state index contributed by atoms with van der Waals surface area (Å²) in [6, 6.07) is 9.19. The second kappa shape index (κ2) is 7.03. The van der Waals surface area contributed by atoms with Gasteiger partial charge < -0.3 is 11.1 Å². The number of amides is 3. The monoisotopic (exact) mass is 413 g/mol. The van der Waals surface area contributed by atoms with E-state index in [0.29, 0.717) is 10.7 Å². The minimum atomic E-state index is -1.89. The summed E-state index contributed by atoms with van der Waals surface area (Å²) in [6.07, 6.45) is 0.226. The molecule has 1 fully saturated rings. The molecule has 150 valence electrons. The van der Waals surface area contributed by atoms with Crippen molar-refractivity contribution in [1.29, 1.82) is 10.5 Å². The number of amidine groups is 1. The summed E-state index contributed by atoms with van der Waals surface area (Å²) < 4.78 is 0. The second-order valence-corrected chi connectivity index (χ2v) is 7.86. The number of urea groups is 1. The van der Waals surface area contributed by atoms with Gasteiger partial charge in [0.25, 0.3) is 5.91 Å². The predicted molar refractivity (Wildman–Crippen MR) is 106 cm³/mol. The molecule has 1 aromatic rings. The SMILES string of the molecule is C[C@@H]1C[C@@H](N(C(=O)Nc2cccc(Cl)c2)N(C)C)[C@@]2(C#N)C(=O)N=C(N)[C@]12C#N. The molecule has 0 bridgehead atoms. The fraction of sp³-hybridized carbons (Fsp3) is 0.421. The maximum Gasteiger partial charge on any atom is 0.336 e. The smallest absolute Gasteiger partial charge is 0.336 e. The van der Waals surface area contributed by atoms with Crippen LogP contribution in [0.15, 0.2) is 29.3 Å². The molecule has 0 unspecified atom stereocenters. The standard InChI is InChI=1S/C19H20ClN7O2/c1-11-7-14(19(10-22)16(28)25-15(23)18(11,19)9-21)27(26(2)3)17(29)24-13-6-4-5-12(20)8-13/h4-6,8,11,14H,7H2,1-3H3,(H,24,29)(H2,23,25,28)/t11-,14-,18+,19+/m1/s1. The molecule has 1 aliphatic carbocycles. The number of nitrogens with one attached hydrogen (secondary N) is 1. The minimum absolute atomic E-state index is 0.171. The number of halogens is 1. The molecule has 1 heterocycles. The number of hydrogen-bond donors (Lipinski definition) is 2. The highest BCUT2D eigenvalue weighted by molar-refractivity contribution is 6.30. The fourth-order valence-corrected chi connectivity index (χ4v) is 4.68. The normalized spacial score (nSPS) is 30.3. The van der Waals surface area contributed by atoms with E-state index in [0.717, 1.165) is 0 Å². The summed E-state index contributed by atoms with van der Waals surface area (Å²) in [5.74, 6) is -1.43. The van der Waals surface area contributed by atoms with E-state index in [2.05, 4.69) is 16.4 Å². The van der Waals surface area contributed by atoms with Crippen LogP contribution in [0.3, 0.4) is 0 Å². The van der Waals surface area contributed by atoms with Crippen molar-refractivity contribution in [3.63, 3.8) is 0 Å². The van der Waals surface area contributed by atoms with E-state index >= 15 is 0 Å². The topological polar surface area (TPSA) is 139 Å². The Bertz CT molecular complexity index is 995. The maximum absolute atomic E-state index is 13.1. The zero-order valence-electron chi connectivity index (χ0n) is 16.2. The average molecular weight is 414 g/mol. The van der Waals surface area contributed by atoms with Crippen molar-refractivity contribution in [2.24, 2.45) is 27.5 Å². The lowest BCUT2D eigenvalue weighted by molar-refractivity contribution is -0.129. The molecular formula is C19H20ClN7O2. The van der Waals surface area contributed by atoms with Gasteiger partial charge in [-0.1, -0.05) is 24.6 Å². The summed E-state index contributed by atoms with van der Waals surface area (Å²) >= 11 is 5.98. The van der Waals surface area contributed by atoms with Crippen LogP contribution in [-0.4, -0.2) is 47.9 Å². The van der Waals surface area contributed by atoms with Crippen molar-refractivity contribution < 1.29 is 9.59 Å². The van der Waals surface area contributed by atoms with Crippen molar-refractivity contribution in [1.82, 2.24) is 10.0 Å². The molecule has 0 radical (unpaired) electrons. The van der Waals surface area contributed by atoms with E-state index in [-0.39, 0.29) is 12.3 Å². The molecule has 0 spiro atoms. The summed E-state index contributed by atoms with van der Waals surface area (Å²) in [5.41, 5.74) is 2.94. The third-order valence-corrected chi connectivity index (χ3v) is 6.00. The van der Waals surface area contributed by atoms with E-state index in [1.807, 2.05) is 6.07 Å². The molecule has 10 heteroatoms. The van der Waals surface area contributed by atoms with Crippen LogP contribution in [0.2, 0.25) is 5.02 Å². The molecule has 9 nitrogen and oxygen atoms in total. The third-order valence-electron chi connectivity index (χ3n) is 5.76. The highest BCUT2D eigenvalue weighted by atomic mass is 35.5. The highest BCUT2D eigenvalue weighted by Gasteiger charge is 2.76. The molecule has 3 amide bonds. The number of hydrazine groups is 1. The molecule has 3 rings (SSSR count). The zero-order valence-corrected chi connectivity index (χ0v) is 16.9. The Hall–Kier alpha value is -3.14. The van der Waals surface area contributed by atoms with Crippen molar-refractivity contribution in [3.8, 4) is 12.1 Å². The van der Waals surface area contributed by atoms with E-state index < -0.39 is 34.7 Å². The number of fused-ring (bicyclic) bond motifs is 1. The quantitative estimate of drug-likeness (QED) is 0.726. The molecular weight excluding hydrogens is 394 g/mol. The van der Waals surface area contributed by atoms with Crippen molar-refractivity contribution >= 4 is 35.1 Å². The molecule has 1 aromatic carbocycles. The first-order valence-corrected chi connectivity index (χ1v) is 9.28. The van der Waals surface area contributed by atoms with E-state index in [9.17, 15) is 20.1 Å². The fourth-order valence-electron chi connectivity index (χ4n) is 4.49. The first-order chi connectivity index (χ1) is 13.6. The number of nitrogens with zero attached hydrogens (tertiary/aromatic N) is 5. The summed E-state index contributed by atoms with van der Waals surface area (Å²) in [5, 5.41) is 26.0. The predicted octanol–water partition coefficient (Wildman–Crippen LogP) is 1.98. The van der Waals surface area contributed by atoms with Gasteiger partial charge >= 0.3 is 6.03 Å². The van der Waals surface area contributed by atoms with Gasteiger partial charge in [0.15, 0.2) is 5.41 Å². The largest absolute Gasteiger partial charge is 0.386 e. The van der Waals surface area contributed by atoms with E-state index in [1.54, 1.807) is 45.3 Å². The van der Waals surface area contributed by atoms with E-state index in [4.69, 9.17) is 17.3 Å². The summed E-state index contributed by atoms with van der Waals surface area (Å²) in [4.78, 5) is 29.8. The Labute approximate surface area is 173 Å². The number of carbonyl (C=O) groups excluding carboxylic acids is 2. The van der Waals surface area contributed by atoms with Crippen LogP contribution in [-0.2, 0) is 4.79 Å². The number of nitrogens with two attached hydrogens (primary N) is 1. The first-order valence-electron chi connectivity index (χ1n) is 8.90. The summed E-state index contributed by atoms with van der Waals surface area (Å²) in [6.45, 7) is 1.74. The molecule has 29 heavy (non-hydrogen) atoms.